The second-order valence-corrected chi connectivity index (χ2v) is 15.8. The molecule has 0 radical (unpaired) electrons. The van der Waals surface area contributed by atoms with Gasteiger partial charge in [-0.15, -0.1) is 0 Å². The van der Waals surface area contributed by atoms with Crippen molar-refractivity contribution in [2.75, 3.05) is 37.5 Å². The Morgan fingerprint density at radius 3 is 2.29 bits per heavy atom. The van der Waals surface area contributed by atoms with Gasteiger partial charge in [-0.05, 0) is 89.8 Å². The average molecular weight is 734 g/mol. The Labute approximate surface area is 295 Å². The Morgan fingerprint density at radius 2 is 1.69 bits per heavy atom. The van der Waals surface area contributed by atoms with Gasteiger partial charge in [0, 0.05) is 31.3 Å². The number of carbonyl (C=O) groups excluding carboxylic acids is 1. The average Bonchev–Trinajstić information content (AvgIpc) is 3.83. The van der Waals surface area contributed by atoms with E-state index in [1.807, 2.05) is 36.9 Å². The lowest BCUT2D eigenvalue weighted by Crippen LogP contribution is -2.58. The highest BCUT2D eigenvalue weighted by Crippen LogP contribution is 2.60. The summed E-state index contributed by atoms with van der Waals surface area (Å²) in [5, 5.41) is 9.37. The highest BCUT2D eigenvalue weighted by Gasteiger charge is 2.62. The van der Waals surface area contributed by atoms with Crippen molar-refractivity contribution in [3.63, 3.8) is 0 Å². The highest BCUT2D eigenvalue weighted by atomic mass is 32.2. The molecule has 2 aromatic carbocycles. The van der Waals surface area contributed by atoms with Crippen molar-refractivity contribution in [1.29, 1.82) is 0 Å². The molecule has 1 saturated carbocycles. The van der Waals surface area contributed by atoms with Gasteiger partial charge in [0.25, 0.3) is 10.0 Å². The van der Waals surface area contributed by atoms with Crippen molar-refractivity contribution in [2.45, 2.75) is 76.6 Å². The molecule has 276 valence electrons. The summed E-state index contributed by atoms with van der Waals surface area (Å²) in [5.74, 6) is -1.68. The summed E-state index contributed by atoms with van der Waals surface area (Å²) in [5.41, 5.74) is 0.0371. The summed E-state index contributed by atoms with van der Waals surface area (Å²) >= 11 is 0. The smallest absolute Gasteiger partial charge is 0.410 e. The number of benzene rings is 2. The number of ether oxygens (including phenoxy) is 2. The van der Waals surface area contributed by atoms with E-state index in [-0.39, 0.29) is 67.8 Å². The third-order valence-corrected chi connectivity index (χ3v) is 10.4. The van der Waals surface area contributed by atoms with E-state index in [0.717, 1.165) is 17.2 Å². The van der Waals surface area contributed by atoms with Crippen LogP contribution in [0.2, 0.25) is 0 Å². The summed E-state index contributed by atoms with van der Waals surface area (Å²) in [7, 11) is -4.36. The molecular formula is C35H42F3N5O7S. The molecule has 2 aliphatic rings. The Hall–Kier alpha value is -4.44. The second kappa shape index (κ2) is 14.3. The number of aromatic nitrogens is 2. The van der Waals surface area contributed by atoms with Crippen LogP contribution in [0.5, 0.6) is 5.88 Å². The zero-order valence-electron chi connectivity index (χ0n) is 29.1. The van der Waals surface area contributed by atoms with Crippen LogP contribution in [0.15, 0.2) is 53.4 Å². The van der Waals surface area contributed by atoms with Gasteiger partial charge in [-0.25, -0.2) is 27.7 Å². The number of carboxylic acid groups (broad SMARTS) is 1. The Kier molecular flexibility index (Phi) is 10.6. The third kappa shape index (κ3) is 9.08. The summed E-state index contributed by atoms with van der Waals surface area (Å²) in [6, 6.07) is 11.3. The number of nitrogens with one attached hydrogen (secondary N) is 1. The maximum absolute atomic E-state index is 13.7. The second-order valence-electron chi connectivity index (χ2n) is 14.1. The van der Waals surface area contributed by atoms with Crippen LogP contribution in [-0.4, -0.2) is 96.0 Å². The number of sulfonamides is 1. The minimum absolute atomic E-state index is 0.0325. The fourth-order valence-electron chi connectivity index (χ4n) is 6.07. The lowest BCUT2D eigenvalue weighted by Gasteiger charge is -2.41. The first-order valence-electron chi connectivity index (χ1n) is 16.5. The maximum atomic E-state index is 13.7. The number of carboxylic acids is 1. The van der Waals surface area contributed by atoms with Gasteiger partial charge in [0.1, 0.15) is 12.2 Å². The molecule has 3 aromatic rings. The molecule has 1 aliphatic carbocycles. The van der Waals surface area contributed by atoms with E-state index in [2.05, 4.69) is 14.7 Å². The summed E-state index contributed by atoms with van der Waals surface area (Å²) < 4.78 is 81.9. The normalized spacial score (nSPS) is 17.9. The van der Waals surface area contributed by atoms with Crippen LogP contribution >= 0.6 is 0 Å². The fraction of sp³-hybridized carbons (Fsp3) is 0.486. The molecule has 0 bridgehead atoms. The number of halogens is 3. The van der Waals surface area contributed by atoms with Crippen LogP contribution in [0, 0.1) is 19.3 Å². The number of piperazine rings is 1. The van der Waals surface area contributed by atoms with Crippen LogP contribution in [0.4, 0.5) is 23.9 Å². The van der Waals surface area contributed by atoms with E-state index in [4.69, 9.17) is 9.47 Å². The van der Waals surface area contributed by atoms with Crippen LogP contribution in [-0.2, 0) is 14.8 Å². The van der Waals surface area contributed by atoms with E-state index in [1.165, 1.54) is 29.2 Å². The van der Waals surface area contributed by atoms with Crippen molar-refractivity contribution < 1.29 is 45.8 Å². The number of carbonyl (C=O) groups is 2. The first-order valence-corrected chi connectivity index (χ1v) is 18.0. The van der Waals surface area contributed by atoms with E-state index >= 15 is 0 Å². The standard InChI is InChI=1S/C35H42F3N5O7S/c1-22-8-6-9-23(2)29(22)27-19-28(40-31(39-27)41-51(47,48)26-11-7-10-24(18-26)30(44)45)49-21-25-20-42(15-14-34(12-13-34)35(36,37)38)16-17-43(25)32(46)50-33(3,4)5/h6-11,18-19,25H,12-17,20-21H2,1-5H3,(H,44,45)(H,39,40,41). The van der Waals surface area contributed by atoms with Gasteiger partial charge >= 0.3 is 18.2 Å². The number of anilines is 1. The van der Waals surface area contributed by atoms with Crippen molar-refractivity contribution in [1.82, 2.24) is 19.8 Å². The Morgan fingerprint density at radius 1 is 1.02 bits per heavy atom. The molecule has 1 aromatic heterocycles. The first kappa shape index (κ1) is 37.8. The van der Waals surface area contributed by atoms with Gasteiger partial charge < -0.3 is 14.6 Å². The number of hydrogen-bond acceptors (Lipinski definition) is 9. The van der Waals surface area contributed by atoms with Crippen LogP contribution in [0.1, 0.15) is 61.5 Å². The van der Waals surface area contributed by atoms with E-state index in [0.29, 0.717) is 17.8 Å². The summed E-state index contributed by atoms with van der Waals surface area (Å²) in [6.07, 6.45) is -4.70. The van der Waals surface area contributed by atoms with E-state index < -0.39 is 45.3 Å². The Balaban J connectivity index is 1.44. The lowest BCUT2D eigenvalue weighted by atomic mass is 10.00. The van der Waals surface area contributed by atoms with E-state index in [9.17, 15) is 36.3 Å². The van der Waals surface area contributed by atoms with Gasteiger partial charge in [0.05, 0.1) is 27.6 Å². The molecule has 1 atom stereocenters. The number of alkyl halides is 3. The number of hydrogen-bond donors (Lipinski definition) is 2. The van der Waals surface area contributed by atoms with Gasteiger partial charge in [0.2, 0.25) is 11.8 Å². The summed E-state index contributed by atoms with van der Waals surface area (Å²) in [4.78, 5) is 36.6. The Bertz CT molecular complexity index is 1870. The fourth-order valence-corrected chi connectivity index (χ4v) is 7.06. The minimum atomic E-state index is -4.36. The molecule has 12 nitrogen and oxygen atoms in total. The van der Waals surface area contributed by atoms with Gasteiger partial charge in [-0.1, -0.05) is 24.3 Å². The monoisotopic (exact) mass is 733 g/mol. The number of amides is 1. The molecule has 2 heterocycles. The molecule has 1 unspecified atom stereocenters. The SMILES string of the molecule is Cc1cccc(C)c1-c1cc(OCC2CN(CCC3(C(F)(F)F)CC3)CCN2C(=O)OC(C)(C)C)nc(NS(=O)(=O)c2cccc(C(=O)O)c2)n1. The predicted octanol–water partition coefficient (Wildman–Crippen LogP) is 6.29. The topological polar surface area (TPSA) is 151 Å². The number of aromatic carboxylic acids is 1. The van der Waals surface area contributed by atoms with Gasteiger partial charge in [-0.3, -0.25) is 9.80 Å². The quantitative estimate of drug-likeness (QED) is 0.230. The minimum Gasteiger partial charge on any atom is -0.478 e. The lowest BCUT2D eigenvalue weighted by molar-refractivity contribution is -0.190. The zero-order valence-corrected chi connectivity index (χ0v) is 29.9. The maximum Gasteiger partial charge on any atom is 0.410 e. The molecule has 1 aliphatic heterocycles. The molecular weight excluding hydrogens is 691 g/mol. The first-order chi connectivity index (χ1) is 23.8. The molecule has 2 N–H and O–H groups in total. The predicted molar refractivity (Wildman–Crippen MR) is 182 cm³/mol. The number of aryl methyl sites for hydroxylation is 2. The van der Waals surface area contributed by atoms with Crippen molar-refractivity contribution in [2.24, 2.45) is 5.41 Å². The molecule has 0 spiro atoms. The van der Waals surface area contributed by atoms with Crippen LogP contribution in [0.3, 0.4) is 0 Å². The molecule has 5 rings (SSSR count). The molecule has 51 heavy (non-hydrogen) atoms. The van der Waals surface area contributed by atoms with Crippen LogP contribution < -0.4 is 9.46 Å². The number of rotatable bonds is 11. The van der Waals surface area contributed by atoms with Crippen LogP contribution in [0.25, 0.3) is 11.3 Å². The van der Waals surface area contributed by atoms with Gasteiger partial charge in [0.15, 0.2) is 0 Å². The zero-order chi connectivity index (χ0) is 37.4. The molecule has 2 fully saturated rings. The van der Waals surface area contributed by atoms with Crippen molar-refractivity contribution in [3.8, 4) is 17.1 Å². The number of nitrogens with zero attached hydrogens (tertiary/aromatic N) is 4. The molecule has 1 amide bonds. The highest BCUT2D eigenvalue weighted by molar-refractivity contribution is 7.92. The van der Waals surface area contributed by atoms with Gasteiger partial charge in [-0.2, -0.15) is 18.2 Å². The third-order valence-electron chi connectivity index (χ3n) is 9.04. The molecule has 16 heteroatoms. The van der Waals surface area contributed by atoms with E-state index in [1.54, 1.807) is 20.8 Å². The summed E-state index contributed by atoms with van der Waals surface area (Å²) in [6.45, 7) is 9.73. The van der Waals surface area contributed by atoms with Crippen molar-refractivity contribution in [3.05, 3.63) is 65.2 Å². The van der Waals surface area contributed by atoms with Crippen molar-refractivity contribution >= 4 is 28.0 Å². The molecule has 1 saturated heterocycles. The largest absolute Gasteiger partial charge is 0.478 e.